The minimum Gasteiger partial charge on any atom is -0.394 e. The number of hydrogen-bond acceptors (Lipinski definition) is 13. The van der Waals surface area contributed by atoms with Crippen LogP contribution in [0.5, 0.6) is 0 Å². The van der Waals surface area contributed by atoms with Gasteiger partial charge in [-0.25, -0.2) is 0 Å². The lowest BCUT2D eigenvalue weighted by atomic mass is 9.97. The molecule has 0 bridgehead atoms. The van der Waals surface area contributed by atoms with Crippen LogP contribution in [0, 0.1) is 0 Å². The van der Waals surface area contributed by atoms with Gasteiger partial charge in [0.05, 0.1) is 32.0 Å². The van der Waals surface area contributed by atoms with Gasteiger partial charge in [-0.3, -0.25) is 4.79 Å². The van der Waals surface area contributed by atoms with Crippen molar-refractivity contribution < 1.29 is 64.6 Å². The van der Waals surface area contributed by atoms with Crippen molar-refractivity contribution in [2.45, 2.75) is 319 Å². The Labute approximate surface area is 485 Å². The number of nitrogens with one attached hydrogen (secondary N) is 1. The van der Waals surface area contributed by atoms with Gasteiger partial charge >= 0.3 is 0 Å². The SMILES string of the molecule is CC/C=C\C/C=C\C/C=C\C/C=C\C/C=C\CCCCCCCCCCCCCCCCCCCCCCCC(=O)NC(COC1OC(CO)C(OC2OC(CO)C(O)C(O)C2O)C(O)C1O)C(O)/C=C/CCCCCCCCC. The molecule has 2 aliphatic heterocycles. The number of amides is 1. The number of aliphatic hydroxyl groups excluding tert-OH is 8. The molecule has 12 unspecified atom stereocenters. The molecule has 1 amide bonds. The Morgan fingerprint density at radius 1 is 0.463 bits per heavy atom. The van der Waals surface area contributed by atoms with E-state index >= 15 is 0 Å². The van der Waals surface area contributed by atoms with Crippen molar-refractivity contribution in [2.75, 3.05) is 19.8 Å². The third-order valence-corrected chi connectivity index (χ3v) is 15.4. The lowest BCUT2D eigenvalue weighted by molar-refractivity contribution is -0.359. The van der Waals surface area contributed by atoms with Crippen LogP contribution in [0.2, 0.25) is 0 Å². The fourth-order valence-electron chi connectivity index (χ4n) is 10.3. The monoisotopic (exact) mass is 1130 g/mol. The maximum Gasteiger partial charge on any atom is 0.220 e. The molecule has 2 rings (SSSR count). The fraction of sp³-hybridized carbons (Fsp3) is 0.803. The number of rotatable bonds is 51. The second kappa shape index (κ2) is 50.9. The lowest BCUT2D eigenvalue weighted by Crippen LogP contribution is -2.65. The van der Waals surface area contributed by atoms with Crippen LogP contribution in [0.25, 0.3) is 0 Å². The molecule has 464 valence electrons. The van der Waals surface area contributed by atoms with Crippen LogP contribution in [0.3, 0.4) is 0 Å². The number of allylic oxidation sites excluding steroid dienone is 11. The molecular formula is C66H117NO13. The normalized spacial score (nSPS) is 24.7. The Kier molecular flexibility index (Phi) is 46.8. The number of aliphatic hydroxyl groups is 8. The van der Waals surface area contributed by atoms with Gasteiger partial charge in [-0.05, 0) is 64.2 Å². The highest BCUT2D eigenvalue weighted by Gasteiger charge is 2.51. The molecule has 0 aromatic carbocycles. The zero-order chi connectivity index (χ0) is 58.1. The van der Waals surface area contributed by atoms with Gasteiger partial charge in [0.1, 0.15) is 48.8 Å². The minimum absolute atomic E-state index is 0.241. The molecule has 0 spiro atoms. The molecule has 14 nitrogen and oxygen atoms in total. The summed E-state index contributed by atoms with van der Waals surface area (Å²) in [5, 5.41) is 86.9. The summed E-state index contributed by atoms with van der Waals surface area (Å²) in [6, 6.07) is -0.913. The summed E-state index contributed by atoms with van der Waals surface area (Å²) in [6.45, 7) is 2.65. The minimum atomic E-state index is -1.79. The van der Waals surface area contributed by atoms with Crippen LogP contribution in [0.15, 0.2) is 72.9 Å². The van der Waals surface area contributed by atoms with E-state index in [1.54, 1.807) is 6.08 Å². The van der Waals surface area contributed by atoms with Crippen molar-refractivity contribution in [3.8, 4) is 0 Å². The van der Waals surface area contributed by atoms with E-state index < -0.39 is 86.8 Å². The highest BCUT2D eigenvalue weighted by Crippen LogP contribution is 2.30. The van der Waals surface area contributed by atoms with Crippen molar-refractivity contribution in [3.05, 3.63) is 72.9 Å². The molecule has 14 heteroatoms. The fourth-order valence-corrected chi connectivity index (χ4v) is 10.3. The predicted molar refractivity (Wildman–Crippen MR) is 323 cm³/mol. The Morgan fingerprint density at radius 2 is 0.863 bits per heavy atom. The number of hydrogen-bond donors (Lipinski definition) is 9. The standard InChI is InChI=1S/C66H117NO13/c1-3-5-7-9-11-13-14-15-16-17-18-19-20-21-22-23-24-25-26-27-28-29-30-31-32-33-34-35-36-37-38-39-40-42-44-46-48-50-58(71)67-54(55(70)49-47-45-43-41-12-10-8-6-4-2)53-77-65-63(76)61(74)64(57(52-69)79-65)80-66-62(75)60(73)59(72)56(51-68)78-66/h5,7,11,13,15-16,18-19,21-22,47,49,54-57,59-66,68-70,72-76H,3-4,6,8-10,12,14,17,20,23-46,48,50-53H2,1-2H3,(H,67,71)/b7-5-,13-11-,16-15-,19-18-,22-21-,49-47+. The molecule has 0 aromatic heterocycles. The third-order valence-electron chi connectivity index (χ3n) is 15.4. The molecule has 80 heavy (non-hydrogen) atoms. The van der Waals surface area contributed by atoms with E-state index in [0.29, 0.717) is 6.42 Å². The predicted octanol–water partition coefficient (Wildman–Crippen LogP) is 11.9. The second-order valence-electron chi connectivity index (χ2n) is 22.5. The molecule has 0 aromatic rings. The van der Waals surface area contributed by atoms with E-state index in [2.05, 4.69) is 79.9 Å². The molecule has 9 N–H and O–H groups in total. The lowest BCUT2D eigenvalue weighted by Gasteiger charge is -2.46. The molecule has 2 saturated heterocycles. The van der Waals surface area contributed by atoms with Crippen LogP contribution in [-0.2, 0) is 23.7 Å². The third kappa shape index (κ3) is 35.5. The van der Waals surface area contributed by atoms with E-state index in [-0.39, 0.29) is 18.9 Å². The molecule has 2 fully saturated rings. The van der Waals surface area contributed by atoms with E-state index in [1.165, 1.54) is 148 Å². The van der Waals surface area contributed by atoms with Gasteiger partial charge in [0.2, 0.25) is 5.91 Å². The number of carbonyl (C=O) groups is 1. The summed E-state index contributed by atoms with van der Waals surface area (Å²) in [6.07, 6.45) is 51.4. The summed E-state index contributed by atoms with van der Waals surface area (Å²) >= 11 is 0. The first-order valence-electron chi connectivity index (χ1n) is 32.2. The first kappa shape index (κ1) is 73.5. The van der Waals surface area contributed by atoms with Gasteiger partial charge in [-0.2, -0.15) is 0 Å². The van der Waals surface area contributed by atoms with Crippen LogP contribution < -0.4 is 5.32 Å². The second-order valence-corrected chi connectivity index (χ2v) is 22.5. The van der Waals surface area contributed by atoms with E-state index in [1.807, 2.05) is 6.08 Å². The Balaban J connectivity index is 1.55. The van der Waals surface area contributed by atoms with E-state index in [0.717, 1.165) is 70.6 Å². The summed E-state index contributed by atoms with van der Waals surface area (Å²) < 4.78 is 22.7. The topological polar surface area (TPSA) is 228 Å². The smallest absolute Gasteiger partial charge is 0.220 e. The van der Waals surface area contributed by atoms with Crippen molar-refractivity contribution in [3.63, 3.8) is 0 Å². The number of unbranched alkanes of at least 4 members (excludes halogenated alkanes) is 28. The van der Waals surface area contributed by atoms with Gasteiger partial charge in [0, 0.05) is 6.42 Å². The van der Waals surface area contributed by atoms with Gasteiger partial charge in [0.15, 0.2) is 12.6 Å². The summed E-state index contributed by atoms with van der Waals surface area (Å²) in [4.78, 5) is 13.2. The molecule has 0 aliphatic carbocycles. The first-order chi connectivity index (χ1) is 39.1. The van der Waals surface area contributed by atoms with Gasteiger partial charge in [-0.1, -0.05) is 247 Å². The maximum absolute atomic E-state index is 13.2. The van der Waals surface area contributed by atoms with Crippen molar-refractivity contribution in [1.82, 2.24) is 5.32 Å². The van der Waals surface area contributed by atoms with Crippen LogP contribution in [0.1, 0.15) is 245 Å². The number of carbonyl (C=O) groups excluding carboxylic acids is 1. The van der Waals surface area contributed by atoms with Crippen molar-refractivity contribution >= 4 is 5.91 Å². The average molecular weight is 1130 g/mol. The van der Waals surface area contributed by atoms with Crippen molar-refractivity contribution in [2.24, 2.45) is 0 Å². The zero-order valence-corrected chi connectivity index (χ0v) is 50.1. The summed E-state index contributed by atoms with van der Waals surface area (Å²) in [7, 11) is 0. The highest BCUT2D eigenvalue weighted by atomic mass is 16.7. The van der Waals surface area contributed by atoms with Crippen LogP contribution in [-0.4, -0.2) is 140 Å². The van der Waals surface area contributed by atoms with Crippen molar-refractivity contribution in [1.29, 1.82) is 0 Å². The summed E-state index contributed by atoms with van der Waals surface area (Å²) in [5.41, 5.74) is 0. The van der Waals surface area contributed by atoms with Gasteiger partial charge in [-0.15, -0.1) is 0 Å². The Morgan fingerprint density at radius 3 is 1.32 bits per heavy atom. The summed E-state index contributed by atoms with van der Waals surface area (Å²) in [5.74, 6) is -0.241. The van der Waals surface area contributed by atoms with Crippen LogP contribution >= 0.6 is 0 Å². The van der Waals surface area contributed by atoms with Gasteiger partial charge < -0.3 is 65.1 Å². The molecule has 12 atom stereocenters. The Hall–Kier alpha value is -2.57. The van der Waals surface area contributed by atoms with Crippen LogP contribution in [0.4, 0.5) is 0 Å². The van der Waals surface area contributed by atoms with Gasteiger partial charge in [0.25, 0.3) is 0 Å². The maximum atomic E-state index is 13.2. The molecule has 0 saturated carbocycles. The first-order valence-corrected chi connectivity index (χ1v) is 32.2. The highest BCUT2D eigenvalue weighted by molar-refractivity contribution is 5.76. The molecule has 2 aliphatic rings. The quantitative estimate of drug-likeness (QED) is 0.0204. The molecule has 0 radical (unpaired) electrons. The largest absolute Gasteiger partial charge is 0.394 e. The Bertz CT molecular complexity index is 1620. The molecular weight excluding hydrogens is 1010 g/mol. The zero-order valence-electron chi connectivity index (χ0n) is 50.1. The average Bonchev–Trinajstić information content (AvgIpc) is 3.49. The van der Waals surface area contributed by atoms with E-state index in [4.69, 9.17) is 18.9 Å². The number of ether oxygens (including phenoxy) is 4. The van der Waals surface area contributed by atoms with E-state index in [9.17, 15) is 45.6 Å². The molecule has 2 heterocycles.